The fourth-order valence-electron chi connectivity index (χ4n) is 9.60. The molecule has 4 aliphatic rings. The van der Waals surface area contributed by atoms with Crippen molar-refractivity contribution in [3.8, 4) is 0 Å². The monoisotopic (exact) mass is 724 g/mol. The quantitative estimate of drug-likeness (QED) is 0.189. The lowest BCUT2D eigenvalue weighted by atomic mass is 9.45. The van der Waals surface area contributed by atoms with Crippen molar-refractivity contribution in [1.82, 2.24) is 0 Å². The van der Waals surface area contributed by atoms with Gasteiger partial charge in [-0.3, -0.25) is 14.4 Å². The van der Waals surface area contributed by atoms with Crippen molar-refractivity contribution in [2.24, 2.45) is 16.7 Å². The number of rotatable bonds is 6. The van der Waals surface area contributed by atoms with E-state index < -0.39 is 82.0 Å². The SMILES string of the molecule is CC(=O)O[C@H]1C(=O)[C@]2(C)[C@@H](OC(=O)c3ccc4ccccc4c3)C[C@H]3OC[C@@]3(OC(C)=O)[C@H]2[C@H](OC(=O)c2ccccc2)[C@]2(O)CCC(C)=C1C2(C)C. The summed E-state index contributed by atoms with van der Waals surface area (Å²) in [5.41, 5.74) is -5.22. The average Bonchev–Trinajstić information content (AvgIpc) is 3.11. The lowest BCUT2D eigenvalue weighted by Gasteiger charge is -2.67. The van der Waals surface area contributed by atoms with Crippen LogP contribution >= 0.6 is 0 Å². The highest BCUT2D eigenvalue weighted by molar-refractivity contribution is 5.98. The van der Waals surface area contributed by atoms with Crippen LogP contribution in [-0.4, -0.2) is 77.0 Å². The number of allylic oxidation sites excluding steroid dienone is 1. The van der Waals surface area contributed by atoms with E-state index in [1.807, 2.05) is 31.2 Å². The molecule has 0 aromatic heterocycles. The number of hydrogen-bond acceptors (Lipinski definition) is 11. The minimum absolute atomic E-state index is 0.0822. The van der Waals surface area contributed by atoms with Gasteiger partial charge in [-0.25, -0.2) is 9.59 Å². The van der Waals surface area contributed by atoms with Crippen molar-refractivity contribution < 1.29 is 52.8 Å². The van der Waals surface area contributed by atoms with Gasteiger partial charge in [0.1, 0.15) is 23.9 Å². The number of ketones is 1. The van der Waals surface area contributed by atoms with Crippen LogP contribution in [0.1, 0.15) is 81.5 Å². The molecule has 1 saturated heterocycles. The van der Waals surface area contributed by atoms with Gasteiger partial charge in [0, 0.05) is 25.7 Å². The Balaban J connectivity index is 1.46. The van der Waals surface area contributed by atoms with E-state index in [-0.39, 0.29) is 37.0 Å². The predicted molar refractivity (Wildman–Crippen MR) is 190 cm³/mol. The Hall–Kier alpha value is -4.87. The second kappa shape index (κ2) is 12.9. The molecule has 0 amide bonds. The lowest BCUT2D eigenvalue weighted by Crippen LogP contribution is -2.81. The molecule has 0 unspecified atom stereocenters. The maximum absolute atomic E-state index is 15.6. The number of ether oxygens (including phenoxy) is 5. The number of esters is 4. The summed E-state index contributed by atoms with van der Waals surface area (Å²) in [7, 11) is 0. The summed E-state index contributed by atoms with van der Waals surface area (Å²) >= 11 is 0. The maximum atomic E-state index is 15.6. The first-order chi connectivity index (χ1) is 25.0. The third-order valence-corrected chi connectivity index (χ3v) is 12.3. The van der Waals surface area contributed by atoms with Crippen LogP contribution in [-0.2, 0) is 38.1 Å². The van der Waals surface area contributed by atoms with Crippen LogP contribution < -0.4 is 0 Å². The van der Waals surface area contributed by atoms with Gasteiger partial charge in [-0.05, 0) is 67.3 Å². The zero-order valence-corrected chi connectivity index (χ0v) is 30.7. The predicted octanol–water partition coefficient (Wildman–Crippen LogP) is 5.70. The molecule has 1 N–H and O–H groups in total. The minimum Gasteiger partial charge on any atom is -0.458 e. The first kappa shape index (κ1) is 36.5. The Bertz CT molecular complexity index is 2050. The van der Waals surface area contributed by atoms with Gasteiger partial charge in [-0.1, -0.05) is 68.0 Å². The smallest absolute Gasteiger partial charge is 0.338 e. The number of benzene rings is 3. The first-order valence-electron chi connectivity index (χ1n) is 18.0. The molecule has 1 heterocycles. The molecule has 278 valence electrons. The molecule has 3 aromatic carbocycles. The topological polar surface area (TPSA) is 152 Å². The van der Waals surface area contributed by atoms with E-state index in [0.29, 0.717) is 5.57 Å². The molecule has 11 heteroatoms. The molecule has 3 aromatic rings. The number of carbonyl (C=O) groups is 5. The second-order valence-corrected chi connectivity index (χ2v) is 15.6. The molecule has 3 aliphatic carbocycles. The zero-order valence-electron chi connectivity index (χ0n) is 30.7. The molecule has 11 nitrogen and oxygen atoms in total. The molecule has 53 heavy (non-hydrogen) atoms. The maximum Gasteiger partial charge on any atom is 0.338 e. The molecule has 8 atom stereocenters. The van der Waals surface area contributed by atoms with Crippen molar-refractivity contribution in [2.75, 3.05) is 6.61 Å². The zero-order chi connectivity index (χ0) is 38.1. The Kier molecular flexibility index (Phi) is 8.89. The summed E-state index contributed by atoms with van der Waals surface area (Å²) < 4.78 is 30.9. The molecule has 2 bridgehead atoms. The lowest BCUT2D eigenvalue weighted by molar-refractivity contribution is -0.344. The van der Waals surface area contributed by atoms with E-state index in [2.05, 4.69) is 0 Å². The van der Waals surface area contributed by atoms with Crippen LogP contribution in [0.4, 0.5) is 0 Å². The van der Waals surface area contributed by atoms with Gasteiger partial charge in [0.15, 0.2) is 17.5 Å². The van der Waals surface area contributed by atoms with E-state index >= 15 is 4.79 Å². The van der Waals surface area contributed by atoms with Gasteiger partial charge in [0.05, 0.1) is 29.1 Å². The van der Waals surface area contributed by atoms with Crippen molar-refractivity contribution >= 4 is 40.4 Å². The number of aliphatic hydroxyl groups is 1. The van der Waals surface area contributed by atoms with Crippen LogP contribution in [0, 0.1) is 16.7 Å². The van der Waals surface area contributed by atoms with Crippen molar-refractivity contribution in [3.05, 3.63) is 95.1 Å². The highest BCUT2D eigenvalue weighted by Crippen LogP contribution is 2.64. The Morgan fingerprint density at radius 2 is 1.47 bits per heavy atom. The van der Waals surface area contributed by atoms with Crippen LogP contribution in [0.3, 0.4) is 0 Å². The average molecular weight is 725 g/mol. The van der Waals surface area contributed by atoms with Crippen LogP contribution in [0.2, 0.25) is 0 Å². The molecule has 3 fully saturated rings. The second-order valence-electron chi connectivity index (χ2n) is 15.6. The summed E-state index contributed by atoms with van der Waals surface area (Å²) in [5.74, 6) is -4.91. The summed E-state index contributed by atoms with van der Waals surface area (Å²) in [5, 5.41) is 15.0. The van der Waals surface area contributed by atoms with Gasteiger partial charge in [-0.2, -0.15) is 0 Å². The Labute approximate surface area is 307 Å². The number of fused-ring (bicyclic) bond motifs is 6. The van der Waals surface area contributed by atoms with Gasteiger partial charge in [0.25, 0.3) is 0 Å². The third-order valence-electron chi connectivity index (χ3n) is 12.3. The number of hydrogen-bond donors (Lipinski definition) is 1. The Morgan fingerprint density at radius 1 is 0.811 bits per heavy atom. The molecular weight excluding hydrogens is 680 g/mol. The summed E-state index contributed by atoms with van der Waals surface area (Å²) in [6.07, 6.45) is -4.95. The molecule has 7 rings (SSSR count). The Morgan fingerprint density at radius 3 is 2.11 bits per heavy atom. The minimum atomic E-state index is -1.92. The fourth-order valence-corrected chi connectivity index (χ4v) is 9.60. The highest BCUT2D eigenvalue weighted by atomic mass is 16.6. The van der Waals surface area contributed by atoms with Crippen molar-refractivity contribution in [2.45, 2.75) is 96.4 Å². The molecule has 1 aliphatic heterocycles. The summed E-state index contributed by atoms with van der Waals surface area (Å²) in [4.78, 5) is 69.7. The summed E-state index contributed by atoms with van der Waals surface area (Å²) in [6, 6.07) is 20.9. The van der Waals surface area contributed by atoms with E-state index in [1.54, 1.807) is 69.3 Å². The third kappa shape index (κ3) is 5.58. The van der Waals surface area contributed by atoms with Crippen LogP contribution in [0.15, 0.2) is 83.9 Å². The molecule has 0 radical (unpaired) electrons. The summed E-state index contributed by atoms with van der Waals surface area (Å²) in [6.45, 7) is 9.08. The fraction of sp³-hybridized carbons (Fsp3) is 0.452. The van der Waals surface area contributed by atoms with Crippen molar-refractivity contribution in [3.63, 3.8) is 0 Å². The van der Waals surface area contributed by atoms with Gasteiger partial charge in [0.2, 0.25) is 0 Å². The van der Waals surface area contributed by atoms with E-state index in [0.717, 1.165) is 16.3 Å². The van der Waals surface area contributed by atoms with E-state index in [1.165, 1.54) is 13.8 Å². The largest absolute Gasteiger partial charge is 0.458 e. The van der Waals surface area contributed by atoms with Crippen molar-refractivity contribution in [1.29, 1.82) is 0 Å². The van der Waals surface area contributed by atoms with Gasteiger partial charge < -0.3 is 28.8 Å². The van der Waals surface area contributed by atoms with E-state index in [9.17, 15) is 24.3 Å². The van der Waals surface area contributed by atoms with Gasteiger partial charge >= 0.3 is 23.9 Å². The number of carbonyl (C=O) groups excluding carboxylic acids is 5. The standard InChI is InChI=1S/C42H44O11/c1-23-18-19-42(48)36(52-37(46)27-13-8-7-9-14-27)34-40(6,35(45)33(50-24(2)43)32(23)39(42,4)5)30(21-31-41(34,22-49-31)53-25(3)44)51-38(47)29-17-16-26-12-10-11-15-28(26)20-29/h7-17,20,30-31,33-34,36,48H,18-19,21-22H2,1-6H3/t30-,31+,33+,34-,36-,40+,41-,42+/m0/s1. The van der Waals surface area contributed by atoms with Crippen LogP contribution in [0.25, 0.3) is 10.8 Å². The molecule has 0 spiro atoms. The highest BCUT2D eigenvalue weighted by Gasteiger charge is 2.78. The first-order valence-corrected chi connectivity index (χ1v) is 18.0. The van der Waals surface area contributed by atoms with Gasteiger partial charge in [-0.15, -0.1) is 0 Å². The molecular formula is C42H44O11. The van der Waals surface area contributed by atoms with Crippen LogP contribution in [0.5, 0.6) is 0 Å². The molecule has 2 saturated carbocycles. The number of Topliss-reactive ketones (excluding diaryl/α,β-unsaturated/α-hetero) is 1. The normalized spacial score (nSPS) is 32.9. The van der Waals surface area contributed by atoms with E-state index in [4.69, 9.17) is 23.7 Å².